The van der Waals surface area contributed by atoms with Crippen molar-refractivity contribution in [3.63, 3.8) is 0 Å². The van der Waals surface area contributed by atoms with Gasteiger partial charge in [-0.25, -0.2) is 4.83 Å². The summed E-state index contributed by atoms with van der Waals surface area (Å²) in [7, 11) is -3.52. The normalized spacial score (nSPS) is 22.9. The number of nitrogens with one attached hydrogen (secondary N) is 1. The van der Waals surface area contributed by atoms with Gasteiger partial charge in [0.15, 0.2) is 0 Å². The van der Waals surface area contributed by atoms with Crippen molar-refractivity contribution in [2.75, 3.05) is 0 Å². The lowest BCUT2D eigenvalue weighted by Crippen LogP contribution is -2.24. The Morgan fingerprint density at radius 3 is 2.61 bits per heavy atom. The van der Waals surface area contributed by atoms with Crippen molar-refractivity contribution in [1.29, 1.82) is 0 Å². The zero-order valence-corrected chi connectivity index (χ0v) is 11.3. The molecule has 1 aromatic rings. The fourth-order valence-corrected chi connectivity index (χ4v) is 2.97. The van der Waals surface area contributed by atoms with E-state index in [1.807, 2.05) is 0 Å². The summed E-state index contributed by atoms with van der Waals surface area (Å²) >= 11 is 0. The highest BCUT2D eigenvalue weighted by Gasteiger charge is 2.18. The van der Waals surface area contributed by atoms with Crippen molar-refractivity contribution in [3.8, 4) is 0 Å². The molecule has 0 amide bonds. The molecule has 0 bridgehead atoms. The predicted molar refractivity (Wildman–Crippen MR) is 71.8 cm³/mol. The van der Waals surface area contributed by atoms with Crippen molar-refractivity contribution in [2.24, 2.45) is 11.0 Å². The maximum atomic E-state index is 12.0. The largest absolute Gasteiger partial charge is 0.276 e. The van der Waals surface area contributed by atoms with Crippen molar-refractivity contribution in [1.82, 2.24) is 4.83 Å². The van der Waals surface area contributed by atoms with Crippen LogP contribution in [0.3, 0.4) is 0 Å². The number of hydrogen-bond acceptors (Lipinski definition) is 3. The van der Waals surface area contributed by atoms with E-state index in [1.54, 1.807) is 30.3 Å². The second-order valence-electron chi connectivity index (χ2n) is 4.66. The Morgan fingerprint density at radius 2 is 1.94 bits per heavy atom. The summed E-state index contributed by atoms with van der Waals surface area (Å²) in [6, 6.07) is 8.31. The lowest BCUT2D eigenvalue weighted by molar-refractivity contribution is 0.552. The first kappa shape index (κ1) is 13.1. The summed E-state index contributed by atoms with van der Waals surface area (Å²) in [5, 5.41) is 4.09. The summed E-state index contributed by atoms with van der Waals surface area (Å²) < 4.78 is 23.9. The molecule has 0 spiro atoms. The lowest BCUT2D eigenvalue weighted by Gasteiger charge is -2.19. The van der Waals surface area contributed by atoms with Gasteiger partial charge >= 0.3 is 0 Å². The van der Waals surface area contributed by atoms with Crippen LogP contribution in [0.15, 0.2) is 40.3 Å². The van der Waals surface area contributed by atoms with E-state index >= 15 is 0 Å². The monoisotopic (exact) mass is 266 g/mol. The van der Waals surface area contributed by atoms with E-state index in [0.717, 1.165) is 25.0 Å². The lowest BCUT2D eigenvalue weighted by atomic mass is 9.89. The smallest absolute Gasteiger partial charge is 0.200 e. The van der Waals surface area contributed by atoms with Crippen LogP contribution in [-0.2, 0) is 10.0 Å². The van der Waals surface area contributed by atoms with Gasteiger partial charge in [0.2, 0.25) is 0 Å². The fourth-order valence-electron chi connectivity index (χ4n) is 2.11. The highest BCUT2D eigenvalue weighted by atomic mass is 32.2. The summed E-state index contributed by atoms with van der Waals surface area (Å²) in [4.78, 5) is 2.58. The Morgan fingerprint density at radius 1 is 1.22 bits per heavy atom. The summed E-state index contributed by atoms with van der Waals surface area (Å²) in [5.41, 5.74) is 0.959. The molecule has 1 aromatic carbocycles. The summed E-state index contributed by atoms with van der Waals surface area (Å²) in [6.45, 7) is 2.09. The van der Waals surface area contributed by atoms with Crippen molar-refractivity contribution in [2.45, 2.75) is 37.5 Å². The minimum atomic E-state index is -3.52. The number of benzene rings is 1. The SMILES string of the molecule is CC1CCCCC1=NNS(=O)(=O)c1ccccc1. The molecule has 1 saturated carbocycles. The molecule has 1 N–H and O–H groups in total. The average Bonchev–Trinajstić information content (AvgIpc) is 2.39. The molecule has 1 unspecified atom stereocenters. The molecule has 0 radical (unpaired) electrons. The molecule has 0 saturated heterocycles. The van der Waals surface area contributed by atoms with Gasteiger partial charge in [-0.15, -0.1) is 0 Å². The summed E-state index contributed by atoms with van der Waals surface area (Å²) in [6.07, 6.45) is 4.27. The van der Waals surface area contributed by atoms with Crippen LogP contribution in [0.4, 0.5) is 0 Å². The van der Waals surface area contributed by atoms with Gasteiger partial charge in [-0.2, -0.15) is 13.5 Å². The number of nitrogens with zero attached hydrogens (tertiary/aromatic N) is 1. The third kappa shape index (κ3) is 3.10. The highest BCUT2D eigenvalue weighted by molar-refractivity contribution is 7.89. The maximum absolute atomic E-state index is 12.0. The molecule has 1 atom stereocenters. The van der Waals surface area contributed by atoms with Gasteiger partial charge in [-0.1, -0.05) is 31.5 Å². The maximum Gasteiger partial charge on any atom is 0.276 e. The molecule has 1 aliphatic rings. The van der Waals surface area contributed by atoms with Crippen LogP contribution in [0.1, 0.15) is 32.6 Å². The van der Waals surface area contributed by atoms with Gasteiger partial charge in [0, 0.05) is 5.71 Å². The standard InChI is InChI=1S/C13H18N2O2S/c1-11-7-5-6-10-13(11)14-15-18(16,17)12-8-3-2-4-9-12/h2-4,8-9,11,15H,5-7,10H2,1H3. The molecule has 4 nitrogen and oxygen atoms in total. The Kier molecular flexibility index (Phi) is 4.01. The first-order chi connectivity index (χ1) is 8.59. The first-order valence-corrected chi connectivity index (χ1v) is 7.71. The average molecular weight is 266 g/mol. The fraction of sp³-hybridized carbons (Fsp3) is 0.462. The van der Waals surface area contributed by atoms with Crippen LogP contribution < -0.4 is 4.83 Å². The van der Waals surface area contributed by atoms with E-state index in [1.165, 1.54) is 6.42 Å². The van der Waals surface area contributed by atoms with Crippen LogP contribution in [0.2, 0.25) is 0 Å². The Labute approximate surface area is 108 Å². The molecule has 0 aromatic heterocycles. The first-order valence-electron chi connectivity index (χ1n) is 6.23. The van der Waals surface area contributed by atoms with E-state index in [9.17, 15) is 8.42 Å². The van der Waals surface area contributed by atoms with E-state index < -0.39 is 10.0 Å². The Hall–Kier alpha value is -1.36. The second-order valence-corrected chi connectivity index (χ2v) is 6.32. The second kappa shape index (κ2) is 5.52. The minimum Gasteiger partial charge on any atom is -0.200 e. The van der Waals surface area contributed by atoms with Gasteiger partial charge in [-0.05, 0) is 37.3 Å². The van der Waals surface area contributed by atoms with Gasteiger partial charge in [0.05, 0.1) is 4.90 Å². The van der Waals surface area contributed by atoms with Gasteiger partial charge in [0.1, 0.15) is 0 Å². The van der Waals surface area contributed by atoms with Crippen molar-refractivity contribution in [3.05, 3.63) is 30.3 Å². The van der Waals surface area contributed by atoms with Crippen molar-refractivity contribution >= 4 is 15.7 Å². The van der Waals surface area contributed by atoms with Crippen LogP contribution >= 0.6 is 0 Å². The predicted octanol–water partition coefficient (Wildman–Crippen LogP) is 2.53. The molecule has 0 heterocycles. The Bertz CT molecular complexity index is 523. The number of hydrogen-bond donors (Lipinski definition) is 1. The van der Waals surface area contributed by atoms with Crippen LogP contribution in [0.25, 0.3) is 0 Å². The number of hydrazone groups is 1. The van der Waals surface area contributed by atoms with E-state index in [0.29, 0.717) is 5.92 Å². The van der Waals surface area contributed by atoms with Crippen LogP contribution in [-0.4, -0.2) is 14.1 Å². The van der Waals surface area contributed by atoms with Gasteiger partial charge < -0.3 is 0 Å². The van der Waals surface area contributed by atoms with E-state index in [2.05, 4.69) is 16.9 Å². The number of sulfonamides is 1. The zero-order chi connectivity index (χ0) is 13.0. The van der Waals surface area contributed by atoms with Crippen molar-refractivity contribution < 1.29 is 8.42 Å². The third-order valence-corrected chi connectivity index (χ3v) is 4.48. The van der Waals surface area contributed by atoms with Gasteiger partial charge in [0.25, 0.3) is 10.0 Å². The van der Waals surface area contributed by atoms with Crippen LogP contribution in [0.5, 0.6) is 0 Å². The zero-order valence-electron chi connectivity index (χ0n) is 10.5. The Balaban J connectivity index is 2.12. The third-order valence-electron chi connectivity index (χ3n) is 3.25. The topological polar surface area (TPSA) is 58.5 Å². The molecular formula is C13H18N2O2S. The quantitative estimate of drug-likeness (QED) is 0.855. The molecule has 0 aliphatic heterocycles. The highest BCUT2D eigenvalue weighted by Crippen LogP contribution is 2.21. The molecule has 18 heavy (non-hydrogen) atoms. The summed E-state index contributed by atoms with van der Waals surface area (Å²) in [5.74, 6) is 0.372. The molecule has 2 rings (SSSR count). The van der Waals surface area contributed by atoms with E-state index in [-0.39, 0.29) is 4.90 Å². The minimum absolute atomic E-state index is 0.248. The molecule has 1 fully saturated rings. The van der Waals surface area contributed by atoms with E-state index in [4.69, 9.17) is 0 Å². The molecular weight excluding hydrogens is 248 g/mol. The molecule has 5 heteroatoms. The van der Waals surface area contributed by atoms with Crippen LogP contribution in [0, 0.1) is 5.92 Å². The van der Waals surface area contributed by atoms with Gasteiger partial charge in [-0.3, -0.25) is 0 Å². The molecule has 98 valence electrons. The number of rotatable bonds is 3. The molecule has 1 aliphatic carbocycles.